The van der Waals surface area contributed by atoms with E-state index >= 15 is 0 Å². The molecule has 1 aliphatic rings. The molecule has 1 aromatic carbocycles. The van der Waals surface area contributed by atoms with Gasteiger partial charge in [0.2, 0.25) is 0 Å². The maximum absolute atomic E-state index is 12.2. The molecule has 1 aromatic rings. The average molecular weight is 275 g/mol. The predicted molar refractivity (Wildman–Crippen MR) is 81.1 cm³/mol. The highest BCUT2D eigenvalue weighted by molar-refractivity contribution is 5.94. The van der Waals surface area contributed by atoms with Crippen molar-refractivity contribution >= 4 is 5.91 Å². The molecule has 110 valence electrons. The van der Waals surface area contributed by atoms with E-state index in [4.69, 9.17) is 4.74 Å². The first kappa shape index (κ1) is 14.9. The second kappa shape index (κ2) is 6.29. The summed E-state index contributed by atoms with van der Waals surface area (Å²) in [6.07, 6.45) is 0.900. The van der Waals surface area contributed by atoms with E-state index in [-0.39, 0.29) is 5.91 Å². The van der Waals surface area contributed by atoms with Crippen LogP contribution in [0.15, 0.2) is 18.2 Å². The van der Waals surface area contributed by atoms with Crippen LogP contribution in [0.1, 0.15) is 43.6 Å². The molecule has 0 spiro atoms. The van der Waals surface area contributed by atoms with Crippen molar-refractivity contribution in [1.82, 2.24) is 5.32 Å². The first-order chi connectivity index (χ1) is 9.49. The van der Waals surface area contributed by atoms with Gasteiger partial charge in [-0.1, -0.05) is 27.7 Å². The van der Waals surface area contributed by atoms with Gasteiger partial charge < -0.3 is 10.1 Å². The summed E-state index contributed by atoms with van der Waals surface area (Å²) in [6, 6.07) is 5.70. The second-order valence-electron chi connectivity index (χ2n) is 6.28. The molecule has 0 aromatic heterocycles. The van der Waals surface area contributed by atoms with E-state index in [2.05, 4.69) is 33.0 Å². The van der Waals surface area contributed by atoms with E-state index < -0.39 is 0 Å². The summed E-state index contributed by atoms with van der Waals surface area (Å²) in [5, 5.41) is 3.07. The van der Waals surface area contributed by atoms with Crippen molar-refractivity contribution in [2.45, 2.75) is 34.1 Å². The van der Waals surface area contributed by atoms with Crippen LogP contribution >= 0.6 is 0 Å². The Morgan fingerprint density at radius 3 is 2.60 bits per heavy atom. The Bertz CT molecular complexity index is 472. The fourth-order valence-corrected chi connectivity index (χ4v) is 2.88. The largest absolute Gasteiger partial charge is 0.493 e. The zero-order valence-corrected chi connectivity index (χ0v) is 12.9. The molecule has 1 amide bonds. The summed E-state index contributed by atoms with van der Waals surface area (Å²) in [5.41, 5.74) is 1.88. The number of benzene rings is 1. The van der Waals surface area contributed by atoms with Crippen molar-refractivity contribution < 1.29 is 9.53 Å². The van der Waals surface area contributed by atoms with E-state index in [1.807, 2.05) is 18.2 Å². The highest BCUT2D eigenvalue weighted by Gasteiger charge is 2.19. The molecular weight excluding hydrogens is 250 g/mol. The minimum atomic E-state index is 0.0194. The predicted octanol–water partition coefficient (Wildman–Crippen LogP) is 3.28. The monoisotopic (exact) mass is 275 g/mol. The third kappa shape index (κ3) is 3.33. The van der Waals surface area contributed by atoms with Crippen molar-refractivity contribution in [3.8, 4) is 5.75 Å². The number of hydrogen-bond donors (Lipinski definition) is 1. The Kier molecular flexibility index (Phi) is 4.69. The zero-order valence-electron chi connectivity index (χ0n) is 12.9. The lowest BCUT2D eigenvalue weighted by atomic mass is 9.85. The van der Waals surface area contributed by atoms with Crippen LogP contribution in [0.4, 0.5) is 0 Å². The Balaban J connectivity index is 1.98. The lowest BCUT2D eigenvalue weighted by molar-refractivity contribution is 0.0937. The van der Waals surface area contributed by atoms with Gasteiger partial charge in [-0.3, -0.25) is 4.79 Å². The van der Waals surface area contributed by atoms with E-state index in [9.17, 15) is 4.79 Å². The highest BCUT2D eigenvalue weighted by atomic mass is 16.5. The van der Waals surface area contributed by atoms with Crippen LogP contribution < -0.4 is 10.1 Å². The summed E-state index contributed by atoms with van der Waals surface area (Å²) in [5.74, 6) is 2.60. The topological polar surface area (TPSA) is 38.3 Å². The van der Waals surface area contributed by atoms with Gasteiger partial charge in [0.05, 0.1) is 6.61 Å². The molecule has 0 saturated carbocycles. The number of hydrogen-bond acceptors (Lipinski definition) is 2. The Morgan fingerprint density at radius 1 is 1.25 bits per heavy atom. The fourth-order valence-electron chi connectivity index (χ4n) is 2.88. The van der Waals surface area contributed by atoms with Gasteiger partial charge in [-0.15, -0.1) is 0 Å². The van der Waals surface area contributed by atoms with Gasteiger partial charge in [0.15, 0.2) is 0 Å². The van der Waals surface area contributed by atoms with E-state index in [0.717, 1.165) is 36.4 Å². The molecule has 1 aliphatic heterocycles. The number of nitrogens with one attached hydrogen (secondary N) is 1. The Labute approximate surface area is 121 Å². The number of amides is 1. The molecule has 0 radical (unpaired) electrons. The summed E-state index contributed by atoms with van der Waals surface area (Å²) in [6.45, 7) is 10.3. The van der Waals surface area contributed by atoms with Crippen molar-refractivity contribution in [3.05, 3.63) is 29.3 Å². The normalized spacial score (nSPS) is 13.8. The second-order valence-corrected chi connectivity index (χ2v) is 6.28. The summed E-state index contributed by atoms with van der Waals surface area (Å²) in [4.78, 5) is 12.2. The number of carbonyl (C=O) groups is 1. The van der Waals surface area contributed by atoms with Crippen LogP contribution in [0.5, 0.6) is 5.75 Å². The third-order valence-electron chi connectivity index (χ3n) is 4.16. The Hall–Kier alpha value is -1.51. The zero-order chi connectivity index (χ0) is 14.7. The molecular formula is C17H25NO2. The number of ether oxygens (including phenoxy) is 1. The molecule has 1 heterocycles. The van der Waals surface area contributed by atoms with Crippen molar-refractivity contribution in [1.29, 1.82) is 0 Å². The molecule has 0 atom stereocenters. The van der Waals surface area contributed by atoms with E-state index in [0.29, 0.717) is 17.8 Å². The van der Waals surface area contributed by atoms with Gasteiger partial charge in [-0.2, -0.15) is 0 Å². The summed E-state index contributed by atoms with van der Waals surface area (Å²) in [7, 11) is 0. The molecule has 0 saturated heterocycles. The SMILES string of the molecule is CC(C)C(CNC(=O)c1ccc2c(c1)CCO2)C(C)C. The summed E-state index contributed by atoms with van der Waals surface area (Å²) >= 11 is 0. The van der Waals surface area contributed by atoms with Gasteiger partial charge in [0.1, 0.15) is 5.75 Å². The quantitative estimate of drug-likeness (QED) is 0.895. The molecule has 0 aliphatic carbocycles. The van der Waals surface area contributed by atoms with Crippen molar-refractivity contribution in [2.75, 3.05) is 13.2 Å². The van der Waals surface area contributed by atoms with Gasteiger partial charge >= 0.3 is 0 Å². The fraction of sp³-hybridized carbons (Fsp3) is 0.588. The molecule has 3 heteroatoms. The van der Waals surface area contributed by atoms with Gasteiger partial charge in [0.25, 0.3) is 5.91 Å². The van der Waals surface area contributed by atoms with Gasteiger partial charge in [-0.05, 0) is 41.5 Å². The average Bonchev–Trinajstić information content (AvgIpc) is 2.84. The lowest BCUT2D eigenvalue weighted by Crippen LogP contribution is -2.33. The molecule has 0 bridgehead atoms. The maximum Gasteiger partial charge on any atom is 0.251 e. The van der Waals surface area contributed by atoms with Crippen molar-refractivity contribution in [2.24, 2.45) is 17.8 Å². The lowest BCUT2D eigenvalue weighted by Gasteiger charge is -2.25. The first-order valence-corrected chi connectivity index (χ1v) is 7.53. The third-order valence-corrected chi connectivity index (χ3v) is 4.16. The minimum absolute atomic E-state index is 0.0194. The molecule has 20 heavy (non-hydrogen) atoms. The standard InChI is InChI=1S/C17H25NO2/c1-11(2)15(12(3)4)10-18-17(19)14-5-6-16-13(9-14)7-8-20-16/h5-6,9,11-12,15H,7-8,10H2,1-4H3,(H,18,19). The number of carbonyl (C=O) groups excluding carboxylic acids is 1. The summed E-state index contributed by atoms with van der Waals surface area (Å²) < 4.78 is 5.46. The Morgan fingerprint density at radius 2 is 1.95 bits per heavy atom. The maximum atomic E-state index is 12.2. The van der Waals surface area contributed by atoms with Crippen molar-refractivity contribution in [3.63, 3.8) is 0 Å². The highest BCUT2D eigenvalue weighted by Crippen LogP contribution is 2.26. The van der Waals surface area contributed by atoms with Crippen LogP contribution in [0.25, 0.3) is 0 Å². The number of fused-ring (bicyclic) bond motifs is 1. The van der Waals surface area contributed by atoms with Crippen LogP contribution in [0.2, 0.25) is 0 Å². The molecule has 1 N–H and O–H groups in total. The molecule has 0 fully saturated rings. The van der Waals surface area contributed by atoms with Gasteiger partial charge in [-0.25, -0.2) is 0 Å². The van der Waals surface area contributed by atoms with Gasteiger partial charge in [0, 0.05) is 18.5 Å². The molecule has 3 nitrogen and oxygen atoms in total. The molecule has 0 unspecified atom stereocenters. The van der Waals surface area contributed by atoms with Crippen LogP contribution in [-0.4, -0.2) is 19.1 Å². The first-order valence-electron chi connectivity index (χ1n) is 7.53. The van der Waals surface area contributed by atoms with Crippen LogP contribution in [0.3, 0.4) is 0 Å². The number of rotatable bonds is 5. The smallest absolute Gasteiger partial charge is 0.251 e. The minimum Gasteiger partial charge on any atom is -0.493 e. The van der Waals surface area contributed by atoms with Crippen LogP contribution in [-0.2, 0) is 6.42 Å². The van der Waals surface area contributed by atoms with Crippen LogP contribution in [0, 0.1) is 17.8 Å². The molecule has 2 rings (SSSR count). The van der Waals surface area contributed by atoms with E-state index in [1.54, 1.807) is 0 Å². The van der Waals surface area contributed by atoms with E-state index in [1.165, 1.54) is 0 Å².